The molecule has 0 aliphatic heterocycles. The second-order valence-electron chi connectivity index (χ2n) is 4.00. The Morgan fingerprint density at radius 1 is 1.44 bits per heavy atom. The van der Waals surface area contributed by atoms with E-state index >= 15 is 0 Å². The van der Waals surface area contributed by atoms with E-state index in [-0.39, 0.29) is 11.9 Å². The first-order valence-corrected chi connectivity index (χ1v) is 7.36. The average Bonchev–Trinajstić information content (AvgIpc) is 3.14. The number of sulfonamides is 1. The van der Waals surface area contributed by atoms with Crippen molar-refractivity contribution < 1.29 is 13.5 Å². The predicted molar refractivity (Wildman–Crippen MR) is 71.0 cm³/mol. The van der Waals surface area contributed by atoms with E-state index in [1.807, 2.05) is 0 Å². The van der Waals surface area contributed by atoms with Gasteiger partial charge < -0.3 is 5.11 Å². The van der Waals surface area contributed by atoms with Crippen LogP contribution in [0, 0.1) is 11.8 Å². The smallest absolute Gasteiger partial charge is 0.235 e. The highest BCUT2D eigenvalue weighted by Gasteiger charge is 2.36. The molecule has 2 rings (SSSR count). The minimum absolute atomic E-state index is 0.244. The lowest BCUT2D eigenvalue weighted by Crippen LogP contribution is -2.17. The molecule has 0 radical (unpaired) electrons. The summed E-state index contributed by atoms with van der Waals surface area (Å²) in [5.74, 6) is 5.19. The minimum Gasteiger partial charge on any atom is -0.384 e. The number of nitrogens with one attached hydrogen (secondary N) is 1. The Hall–Kier alpha value is -1.22. The summed E-state index contributed by atoms with van der Waals surface area (Å²) in [5, 5.41) is 8.63. The quantitative estimate of drug-likeness (QED) is 0.829. The van der Waals surface area contributed by atoms with Crippen LogP contribution in [-0.4, -0.2) is 25.4 Å². The Bertz CT molecular complexity index is 612. The van der Waals surface area contributed by atoms with E-state index in [0.717, 1.165) is 0 Å². The molecule has 4 nitrogen and oxygen atoms in total. The van der Waals surface area contributed by atoms with Gasteiger partial charge in [0.1, 0.15) is 6.61 Å². The van der Waals surface area contributed by atoms with Gasteiger partial charge in [-0.3, -0.25) is 4.72 Å². The van der Waals surface area contributed by atoms with Crippen molar-refractivity contribution in [3.8, 4) is 11.8 Å². The summed E-state index contributed by atoms with van der Waals surface area (Å²) in [5.41, 5.74) is 0.926. The molecule has 1 aliphatic carbocycles. The van der Waals surface area contributed by atoms with Crippen LogP contribution in [0.3, 0.4) is 0 Å². The molecule has 0 unspecified atom stereocenters. The highest BCUT2D eigenvalue weighted by molar-refractivity contribution is 7.93. The molecule has 0 bridgehead atoms. The second kappa shape index (κ2) is 5.19. The van der Waals surface area contributed by atoms with Gasteiger partial charge >= 0.3 is 0 Å². The Balaban J connectivity index is 2.26. The lowest BCUT2D eigenvalue weighted by Gasteiger charge is -2.09. The number of halogens is 1. The topological polar surface area (TPSA) is 66.4 Å². The molecule has 0 heterocycles. The van der Waals surface area contributed by atoms with Crippen LogP contribution in [-0.2, 0) is 10.0 Å². The van der Waals surface area contributed by atoms with Crippen LogP contribution in [0.2, 0.25) is 5.02 Å². The lowest BCUT2D eigenvalue weighted by atomic mass is 10.2. The number of aliphatic hydroxyl groups is 1. The third-order valence-electron chi connectivity index (χ3n) is 2.49. The van der Waals surface area contributed by atoms with Crippen LogP contribution in [0.15, 0.2) is 18.2 Å². The van der Waals surface area contributed by atoms with Crippen molar-refractivity contribution in [2.24, 2.45) is 0 Å². The lowest BCUT2D eigenvalue weighted by molar-refractivity contribution is 0.350. The van der Waals surface area contributed by atoms with Crippen LogP contribution in [0.4, 0.5) is 5.69 Å². The zero-order valence-corrected chi connectivity index (χ0v) is 11.1. The van der Waals surface area contributed by atoms with Crippen molar-refractivity contribution >= 4 is 27.3 Å². The third kappa shape index (κ3) is 3.16. The molecule has 18 heavy (non-hydrogen) atoms. The fourth-order valence-electron chi connectivity index (χ4n) is 1.44. The van der Waals surface area contributed by atoms with Gasteiger partial charge in [0.05, 0.1) is 16.0 Å². The molecule has 6 heteroatoms. The summed E-state index contributed by atoms with van der Waals surface area (Å²) >= 11 is 5.94. The fraction of sp³-hybridized carbons (Fsp3) is 0.333. The van der Waals surface area contributed by atoms with Crippen molar-refractivity contribution in [2.45, 2.75) is 18.1 Å². The first kappa shape index (κ1) is 13.2. The van der Waals surface area contributed by atoms with Gasteiger partial charge in [-0.25, -0.2) is 8.42 Å². The SMILES string of the molecule is O=S(=O)(Nc1cc(C#CCO)ccc1Cl)C1CC1. The second-order valence-corrected chi connectivity index (χ2v) is 6.37. The van der Waals surface area contributed by atoms with Crippen molar-refractivity contribution in [1.82, 2.24) is 0 Å². The summed E-state index contributed by atoms with van der Waals surface area (Å²) < 4.78 is 26.1. The summed E-state index contributed by atoms with van der Waals surface area (Å²) in [7, 11) is -3.33. The maximum absolute atomic E-state index is 11.8. The maximum atomic E-state index is 11.8. The molecule has 1 aliphatic rings. The largest absolute Gasteiger partial charge is 0.384 e. The summed E-state index contributed by atoms with van der Waals surface area (Å²) in [6.07, 6.45) is 1.38. The molecule has 1 aromatic carbocycles. The first-order chi connectivity index (χ1) is 8.53. The number of rotatable bonds is 3. The third-order valence-corrected chi connectivity index (χ3v) is 4.68. The van der Waals surface area contributed by atoms with E-state index in [4.69, 9.17) is 16.7 Å². The molecule has 1 fully saturated rings. The fourth-order valence-corrected chi connectivity index (χ4v) is 3.06. The van der Waals surface area contributed by atoms with E-state index in [0.29, 0.717) is 29.1 Å². The number of anilines is 1. The summed E-state index contributed by atoms with van der Waals surface area (Å²) in [4.78, 5) is 0. The predicted octanol–water partition coefficient (Wildman–Crippen LogP) is 1.59. The monoisotopic (exact) mass is 285 g/mol. The van der Waals surface area contributed by atoms with Crippen molar-refractivity contribution in [1.29, 1.82) is 0 Å². The van der Waals surface area contributed by atoms with Crippen LogP contribution in [0.5, 0.6) is 0 Å². The molecule has 1 saturated carbocycles. The summed E-state index contributed by atoms with van der Waals surface area (Å²) in [6.45, 7) is -0.244. The van der Waals surface area contributed by atoms with E-state index in [1.165, 1.54) is 0 Å². The molecular formula is C12H12ClNO3S. The van der Waals surface area contributed by atoms with Gasteiger partial charge in [0.25, 0.3) is 0 Å². The standard InChI is InChI=1S/C12H12ClNO3S/c13-11-6-3-9(2-1-7-15)8-12(11)14-18(16,17)10-4-5-10/h3,6,8,10,14-15H,4-5,7H2. The van der Waals surface area contributed by atoms with E-state index in [9.17, 15) is 8.42 Å². The van der Waals surface area contributed by atoms with Gasteiger partial charge in [0, 0.05) is 5.56 Å². The van der Waals surface area contributed by atoms with Gasteiger partial charge in [-0.1, -0.05) is 23.4 Å². The average molecular weight is 286 g/mol. The molecule has 0 amide bonds. The molecule has 0 saturated heterocycles. The molecule has 0 spiro atoms. The molecular weight excluding hydrogens is 274 g/mol. The highest BCUT2D eigenvalue weighted by Crippen LogP contribution is 2.32. The number of benzene rings is 1. The number of hydrogen-bond donors (Lipinski definition) is 2. The molecule has 2 N–H and O–H groups in total. The van der Waals surface area contributed by atoms with E-state index in [1.54, 1.807) is 18.2 Å². The van der Waals surface area contributed by atoms with Crippen LogP contribution in [0.25, 0.3) is 0 Å². The van der Waals surface area contributed by atoms with E-state index in [2.05, 4.69) is 16.6 Å². The zero-order chi connectivity index (χ0) is 13.2. The number of hydrogen-bond acceptors (Lipinski definition) is 3. The first-order valence-electron chi connectivity index (χ1n) is 5.44. The van der Waals surface area contributed by atoms with Crippen molar-refractivity contribution in [3.63, 3.8) is 0 Å². The van der Waals surface area contributed by atoms with E-state index < -0.39 is 10.0 Å². The van der Waals surface area contributed by atoms with Gasteiger partial charge in [-0.2, -0.15) is 0 Å². The van der Waals surface area contributed by atoms with Gasteiger partial charge in [-0.05, 0) is 31.0 Å². The summed E-state index contributed by atoms with van der Waals surface area (Å²) in [6, 6.07) is 4.80. The number of aliphatic hydroxyl groups excluding tert-OH is 1. The van der Waals surface area contributed by atoms with Crippen LogP contribution < -0.4 is 4.72 Å². The van der Waals surface area contributed by atoms with Gasteiger partial charge in [0.15, 0.2) is 0 Å². The van der Waals surface area contributed by atoms with Crippen LogP contribution >= 0.6 is 11.6 Å². The molecule has 96 valence electrons. The highest BCUT2D eigenvalue weighted by atomic mass is 35.5. The Kier molecular flexibility index (Phi) is 3.81. The Morgan fingerprint density at radius 2 is 2.17 bits per heavy atom. The van der Waals surface area contributed by atoms with Crippen LogP contribution in [0.1, 0.15) is 18.4 Å². The zero-order valence-electron chi connectivity index (χ0n) is 9.48. The van der Waals surface area contributed by atoms with Crippen molar-refractivity contribution in [3.05, 3.63) is 28.8 Å². The van der Waals surface area contributed by atoms with Gasteiger partial charge in [-0.15, -0.1) is 0 Å². The molecule has 0 atom stereocenters. The molecule has 1 aromatic rings. The molecule has 0 aromatic heterocycles. The van der Waals surface area contributed by atoms with Crippen molar-refractivity contribution in [2.75, 3.05) is 11.3 Å². The van der Waals surface area contributed by atoms with Gasteiger partial charge in [0.2, 0.25) is 10.0 Å². The Morgan fingerprint density at radius 3 is 2.78 bits per heavy atom. The normalized spacial score (nSPS) is 14.8. The minimum atomic E-state index is -3.33. The maximum Gasteiger partial charge on any atom is 0.235 e. The Labute approximate surface area is 111 Å².